The van der Waals surface area contributed by atoms with E-state index in [4.69, 9.17) is 9.84 Å². The summed E-state index contributed by atoms with van der Waals surface area (Å²) in [5.74, 6) is -1.000. The number of hydrogen-bond donors (Lipinski definition) is 1. The lowest BCUT2D eigenvalue weighted by Crippen LogP contribution is -2.05. The molecular formula is C14H18O4. The highest BCUT2D eigenvalue weighted by Crippen LogP contribution is 2.10. The van der Waals surface area contributed by atoms with Crippen LogP contribution in [0.3, 0.4) is 0 Å². The molecule has 0 heterocycles. The molecule has 0 unspecified atom stereocenters. The van der Waals surface area contributed by atoms with Gasteiger partial charge in [0.1, 0.15) is 0 Å². The number of carbonyl (C=O) groups is 2. The highest BCUT2D eigenvalue weighted by atomic mass is 16.5. The molecule has 0 amide bonds. The molecule has 0 spiro atoms. The van der Waals surface area contributed by atoms with Gasteiger partial charge in [0.2, 0.25) is 0 Å². The Balaban J connectivity index is 2.48. The highest BCUT2D eigenvalue weighted by Gasteiger charge is 2.04. The fourth-order valence-electron chi connectivity index (χ4n) is 1.67. The minimum absolute atomic E-state index is 0.126. The van der Waals surface area contributed by atoms with Gasteiger partial charge in [-0.2, -0.15) is 0 Å². The second-order valence-corrected chi connectivity index (χ2v) is 4.02. The van der Waals surface area contributed by atoms with Gasteiger partial charge < -0.3 is 9.84 Å². The van der Waals surface area contributed by atoms with Crippen LogP contribution in [0.2, 0.25) is 0 Å². The SMILES string of the molecule is CCOC(=O)CCc1cccc(CCC(=O)O)c1. The van der Waals surface area contributed by atoms with Gasteiger partial charge in [-0.1, -0.05) is 24.3 Å². The van der Waals surface area contributed by atoms with Gasteiger partial charge in [0, 0.05) is 12.8 Å². The first kappa shape index (κ1) is 14.2. The Morgan fingerprint density at radius 2 is 1.78 bits per heavy atom. The minimum Gasteiger partial charge on any atom is -0.481 e. The van der Waals surface area contributed by atoms with Crippen molar-refractivity contribution in [2.75, 3.05) is 6.61 Å². The van der Waals surface area contributed by atoms with Crippen molar-refractivity contribution in [3.05, 3.63) is 35.4 Å². The molecule has 18 heavy (non-hydrogen) atoms. The zero-order valence-corrected chi connectivity index (χ0v) is 10.5. The number of aryl methyl sites for hydroxylation is 2. The van der Waals surface area contributed by atoms with Crippen molar-refractivity contribution in [1.29, 1.82) is 0 Å². The van der Waals surface area contributed by atoms with Crippen LogP contribution in [0.1, 0.15) is 30.9 Å². The summed E-state index contributed by atoms with van der Waals surface area (Å²) in [6.07, 6.45) is 1.62. The molecular weight excluding hydrogens is 232 g/mol. The third kappa shape index (κ3) is 5.48. The van der Waals surface area contributed by atoms with Crippen LogP contribution >= 0.6 is 0 Å². The third-order valence-electron chi connectivity index (χ3n) is 2.54. The normalized spacial score (nSPS) is 10.1. The van der Waals surface area contributed by atoms with E-state index in [1.54, 1.807) is 6.92 Å². The largest absolute Gasteiger partial charge is 0.481 e. The molecule has 1 rings (SSSR count). The standard InChI is InChI=1S/C14H18O4/c1-2-18-14(17)9-7-12-5-3-4-11(10-12)6-8-13(15)16/h3-5,10H,2,6-9H2,1H3,(H,15,16). The quantitative estimate of drug-likeness (QED) is 0.753. The molecule has 0 aliphatic heterocycles. The number of rotatable bonds is 7. The number of esters is 1. The number of aliphatic carboxylic acids is 1. The van der Waals surface area contributed by atoms with Crippen molar-refractivity contribution in [1.82, 2.24) is 0 Å². The van der Waals surface area contributed by atoms with Gasteiger partial charge in [0.15, 0.2) is 0 Å². The van der Waals surface area contributed by atoms with E-state index in [1.165, 1.54) is 0 Å². The molecule has 4 heteroatoms. The number of carbonyl (C=O) groups excluding carboxylic acids is 1. The minimum atomic E-state index is -0.799. The second kappa shape index (κ2) is 7.48. The van der Waals surface area contributed by atoms with E-state index in [1.807, 2.05) is 24.3 Å². The van der Waals surface area contributed by atoms with E-state index >= 15 is 0 Å². The number of carboxylic acids is 1. The summed E-state index contributed by atoms with van der Waals surface area (Å²) in [5, 5.41) is 8.62. The van der Waals surface area contributed by atoms with E-state index in [9.17, 15) is 9.59 Å². The molecule has 0 aliphatic rings. The summed E-state index contributed by atoms with van der Waals surface area (Å²) >= 11 is 0. The first-order valence-electron chi connectivity index (χ1n) is 6.07. The smallest absolute Gasteiger partial charge is 0.306 e. The van der Waals surface area contributed by atoms with Crippen LogP contribution in [-0.2, 0) is 27.2 Å². The third-order valence-corrected chi connectivity index (χ3v) is 2.54. The summed E-state index contributed by atoms with van der Waals surface area (Å²) < 4.78 is 4.86. The van der Waals surface area contributed by atoms with E-state index < -0.39 is 5.97 Å². The van der Waals surface area contributed by atoms with Gasteiger partial charge in [-0.25, -0.2) is 0 Å². The Morgan fingerprint density at radius 3 is 2.33 bits per heavy atom. The van der Waals surface area contributed by atoms with Gasteiger partial charge in [-0.15, -0.1) is 0 Å². The molecule has 4 nitrogen and oxygen atoms in total. The van der Waals surface area contributed by atoms with Crippen LogP contribution in [0.25, 0.3) is 0 Å². The lowest BCUT2D eigenvalue weighted by atomic mass is 10.0. The van der Waals surface area contributed by atoms with Crippen LogP contribution in [0, 0.1) is 0 Å². The first-order chi connectivity index (χ1) is 8.61. The van der Waals surface area contributed by atoms with E-state index in [0.29, 0.717) is 25.9 Å². The van der Waals surface area contributed by atoms with Crippen molar-refractivity contribution in [2.24, 2.45) is 0 Å². The number of hydrogen-bond acceptors (Lipinski definition) is 3. The number of benzene rings is 1. The topological polar surface area (TPSA) is 63.6 Å². The van der Waals surface area contributed by atoms with Crippen molar-refractivity contribution in [2.45, 2.75) is 32.6 Å². The molecule has 0 saturated carbocycles. The molecule has 98 valence electrons. The van der Waals surface area contributed by atoms with Crippen molar-refractivity contribution in [3.63, 3.8) is 0 Å². The second-order valence-electron chi connectivity index (χ2n) is 4.02. The van der Waals surface area contributed by atoms with Crippen LogP contribution in [-0.4, -0.2) is 23.7 Å². The monoisotopic (exact) mass is 250 g/mol. The molecule has 0 aromatic heterocycles. The van der Waals surface area contributed by atoms with Gasteiger partial charge in [-0.05, 0) is 30.9 Å². The average molecular weight is 250 g/mol. The lowest BCUT2D eigenvalue weighted by molar-refractivity contribution is -0.143. The Morgan fingerprint density at radius 1 is 1.17 bits per heavy atom. The maximum Gasteiger partial charge on any atom is 0.306 e. The fraction of sp³-hybridized carbons (Fsp3) is 0.429. The highest BCUT2D eigenvalue weighted by molar-refractivity contribution is 5.69. The molecule has 0 bridgehead atoms. The van der Waals surface area contributed by atoms with Gasteiger partial charge in [-0.3, -0.25) is 9.59 Å². The van der Waals surface area contributed by atoms with E-state index in [0.717, 1.165) is 11.1 Å². The lowest BCUT2D eigenvalue weighted by Gasteiger charge is -2.04. The van der Waals surface area contributed by atoms with Crippen molar-refractivity contribution < 1.29 is 19.4 Å². The summed E-state index contributed by atoms with van der Waals surface area (Å²) in [4.78, 5) is 21.7. The van der Waals surface area contributed by atoms with Crippen LogP contribution in [0.15, 0.2) is 24.3 Å². The zero-order chi connectivity index (χ0) is 13.4. The molecule has 0 fully saturated rings. The first-order valence-corrected chi connectivity index (χ1v) is 6.07. The summed E-state index contributed by atoms with van der Waals surface area (Å²) in [6, 6.07) is 7.67. The predicted molar refractivity (Wildman–Crippen MR) is 67.4 cm³/mol. The van der Waals surface area contributed by atoms with E-state index in [-0.39, 0.29) is 12.4 Å². The van der Waals surface area contributed by atoms with E-state index in [2.05, 4.69) is 0 Å². The van der Waals surface area contributed by atoms with Gasteiger partial charge in [0.25, 0.3) is 0 Å². The Labute approximate surface area is 107 Å². The number of carboxylic acid groups (broad SMARTS) is 1. The summed E-state index contributed by atoms with van der Waals surface area (Å²) in [6.45, 7) is 2.18. The molecule has 0 saturated heterocycles. The van der Waals surface area contributed by atoms with Crippen LogP contribution in [0.5, 0.6) is 0 Å². The van der Waals surface area contributed by atoms with Gasteiger partial charge >= 0.3 is 11.9 Å². The fourth-order valence-corrected chi connectivity index (χ4v) is 1.67. The molecule has 1 aromatic rings. The number of ether oxygens (including phenoxy) is 1. The molecule has 1 N–H and O–H groups in total. The maximum atomic E-state index is 11.2. The molecule has 0 radical (unpaired) electrons. The van der Waals surface area contributed by atoms with Crippen molar-refractivity contribution in [3.8, 4) is 0 Å². The Hall–Kier alpha value is -1.84. The Bertz CT molecular complexity index is 412. The summed E-state index contributed by atoms with van der Waals surface area (Å²) in [7, 11) is 0. The predicted octanol–water partition coefficient (Wildman–Crippen LogP) is 2.20. The maximum absolute atomic E-state index is 11.2. The zero-order valence-electron chi connectivity index (χ0n) is 10.5. The summed E-state index contributed by atoms with van der Waals surface area (Å²) in [5.41, 5.74) is 2.02. The Kier molecular flexibility index (Phi) is 5.91. The molecule has 0 atom stereocenters. The van der Waals surface area contributed by atoms with Crippen molar-refractivity contribution >= 4 is 11.9 Å². The van der Waals surface area contributed by atoms with Crippen LogP contribution in [0.4, 0.5) is 0 Å². The van der Waals surface area contributed by atoms with Crippen LogP contribution < -0.4 is 0 Å². The average Bonchev–Trinajstić information content (AvgIpc) is 2.35. The van der Waals surface area contributed by atoms with Gasteiger partial charge in [0.05, 0.1) is 6.61 Å². The molecule has 0 aliphatic carbocycles. The molecule has 1 aromatic carbocycles.